The number of thiazole rings is 1. The number of aryl methyl sites for hydroxylation is 1. The number of rotatable bonds is 4. The number of anilines is 1. The molecule has 5 nitrogen and oxygen atoms in total. The van der Waals surface area contributed by atoms with Crippen molar-refractivity contribution in [1.82, 2.24) is 9.88 Å². The fourth-order valence-corrected chi connectivity index (χ4v) is 3.77. The van der Waals surface area contributed by atoms with Gasteiger partial charge in [0, 0.05) is 30.2 Å². The van der Waals surface area contributed by atoms with E-state index in [-0.39, 0.29) is 17.9 Å². The molecule has 2 heterocycles. The second-order valence-corrected chi connectivity index (χ2v) is 7.16. The van der Waals surface area contributed by atoms with Crippen molar-refractivity contribution in [3.8, 4) is 0 Å². The van der Waals surface area contributed by atoms with E-state index in [1.54, 1.807) is 42.6 Å². The summed E-state index contributed by atoms with van der Waals surface area (Å²) in [7, 11) is 1.68. The number of amides is 2. The van der Waals surface area contributed by atoms with Crippen LogP contribution >= 0.6 is 11.3 Å². The molecule has 130 valence electrons. The zero-order valence-corrected chi connectivity index (χ0v) is 15.3. The van der Waals surface area contributed by atoms with Crippen molar-refractivity contribution in [3.63, 3.8) is 0 Å². The summed E-state index contributed by atoms with van der Waals surface area (Å²) in [5.74, 6) is -0.171. The summed E-state index contributed by atoms with van der Waals surface area (Å²) in [4.78, 5) is 32.5. The Balaban J connectivity index is 1.78. The molecule has 2 amide bonds. The topological polar surface area (TPSA) is 53.5 Å². The first-order valence-electron chi connectivity index (χ1n) is 8.24. The van der Waals surface area contributed by atoms with E-state index in [2.05, 4.69) is 11.6 Å². The Bertz CT molecular complexity index is 797. The Morgan fingerprint density at radius 2 is 2.08 bits per heavy atom. The molecule has 1 fully saturated rings. The van der Waals surface area contributed by atoms with Gasteiger partial charge >= 0.3 is 0 Å². The summed E-state index contributed by atoms with van der Waals surface area (Å²) in [6.07, 6.45) is 3.20. The number of likely N-dealkylation sites (tertiary alicyclic amines) is 1. The number of hydrogen-bond donors (Lipinski definition) is 0. The smallest absolute Gasteiger partial charge is 0.254 e. The molecule has 0 spiro atoms. The van der Waals surface area contributed by atoms with Crippen LogP contribution in [0.2, 0.25) is 0 Å². The van der Waals surface area contributed by atoms with Crippen LogP contribution in [-0.4, -0.2) is 35.3 Å². The normalized spacial score (nSPS) is 16.7. The molecule has 1 aromatic carbocycles. The van der Waals surface area contributed by atoms with E-state index in [9.17, 15) is 9.59 Å². The minimum atomic E-state index is -0.183. The molecule has 0 saturated carbocycles. The van der Waals surface area contributed by atoms with Gasteiger partial charge in [0.15, 0.2) is 0 Å². The van der Waals surface area contributed by atoms with Crippen molar-refractivity contribution in [2.75, 3.05) is 18.5 Å². The van der Waals surface area contributed by atoms with Crippen molar-refractivity contribution in [2.45, 2.75) is 25.8 Å². The first-order valence-corrected chi connectivity index (χ1v) is 9.12. The third-order valence-electron chi connectivity index (χ3n) is 4.50. The summed E-state index contributed by atoms with van der Waals surface area (Å²) in [6.45, 7) is 6.21. The maximum absolute atomic E-state index is 12.9. The van der Waals surface area contributed by atoms with Crippen molar-refractivity contribution in [3.05, 3.63) is 58.6 Å². The molecule has 25 heavy (non-hydrogen) atoms. The van der Waals surface area contributed by atoms with Crippen LogP contribution < -0.4 is 4.90 Å². The highest BCUT2D eigenvalue weighted by Gasteiger charge is 2.32. The maximum atomic E-state index is 12.9. The molecule has 1 unspecified atom stereocenters. The van der Waals surface area contributed by atoms with Crippen molar-refractivity contribution < 1.29 is 9.59 Å². The van der Waals surface area contributed by atoms with Crippen LogP contribution in [0.3, 0.4) is 0 Å². The monoisotopic (exact) mass is 355 g/mol. The first kappa shape index (κ1) is 17.4. The lowest BCUT2D eigenvalue weighted by molar-refractivity contribution is -0.113. The summed E-state index contributed by atoms with van der Waals surface area (Å²) in [5.41, 5.74) is 2.35. The minimum Gasteiger partial charge on any atom is -0.330 e. The average molecular weight is 355 g/mol. The standard InChI is InChI=1S/C19H21N3O2S/c1-4-18(23)21(3)15-9-7-14(8-10-15)19(24)22-11-5-6-17(22)16-12-25-13(2)20-16/h4,7-10,12,17H,1,5-6,11H2,2-3H3. The van der Waals surface area contributed by atoms with Crippen LogP contribution in [0.5, 0.6) is 0 Å². The third-order valence-corrected chi connectivity index (χ3v) is 5.29. The molecular formula is C19H21N3O2S. The molecule has 1 aliphatic rings. The SMILES string of the molecule is C=CC(=O)N(C)c1ccc(C(=O)N2CCCC2c2csc(C)n2)cc1. The second-order valence-electron chi connectivity index (χ2n) is 6.10. The van der Waals surface area contributed by atoms with Crippen molar-refractivity contribution in [1.29, 1.82) is 0 Å². The molecule has 0 N–H and O–H groups in total. The molecule has 0 radical (unpaired) electrons. The molecule has 0 aliphatic carbocycles. The van der Waals surface area contributed by atoms with Crippen LogP contribution in [0.25, 0.3) is 0 Å². The van der Waals surface area contributed by atoms with E-state index in [1.165, 1.54) is 11.0 Å². The highest BCUT2D eigenvalue weighted by Crippen LogP contribution is 2.33. The Kier molecular flexibility index (Phi) is 4.99. The van der Waals surface area contributed by atoms with Gasteiger partial charge in [0.1, 0.15) is 0 Å². The van der Waals surface area contributed by atoms with Crippen molar-refractivity contribution >= 4 is 28.8 Å². The lowest BCUT2D eigenvalue weighted by Crippen LogP contribution is -2.30. The van der Waals surface area contributed by atoms with Gasteiger partial charge in [-0.15, -0.1) is 11.3 Å². The van der Waals surface area contributed by atoms with Gasteiger partial charge in [-0.2, -0.15) is 0 Å². The number of carbonyl (C=O) groups is 2. The lowest BCUT2D eigenvalue weighted by atomic mass is 10.1. The van der Waals surface area contributed by atoms with Gasteiger partial charge in [-0.25, -0.2) is 4.98 Å². The van der Waals surface area contributed by atoms with Crippen molar-refractivity contribution in [2.24, 2.45) is 0 Å². The number of hydrogen-bond acceptors (Lipinski definition) is 4. The predicted molar refractivity (Wildman–Crippen MR) is 99.9 cm³/mol. The van der Waals surface area contributed by atoms with Gasteiger partial charge in [-0.3, -0.25) is 9.59 Å². The Morgan fingerprint density at radius 3 is 2.68 bits per heavy atom. The minimum absolute atomic E-state index is 0.0115. The molecule has 0 bridgehead atoms. The van der Waals surface area contributed by atoms with E-state index in [4.69, 9.17) is 0 Å². The van der Waals surface area contributed by atoms with E-state index in [0.717, 1.165) is 35.8 Å². The molecular weight excluding hydrogens is 334 g/mol. The first-order chi connectivity index (χ1) is 12.0. The molecule has 1 aliphatic heterocycles. The van der Waals surface area contributed by atoms with E-state index < -0.39 is 0 Å². The van der Waals surface area contributed by atoms with Crippen LogP contribution in [0.4, 0.5) is 5.69 Å². The summed E-state index contributed by atoms with van der Waals surface area (Å²) in [6, 6.07) is 7.17. The van der Waals surface area contributed by atoms with Gasteiger partial charge in [0.05, 0.1) is 16.7 Å². The average Bonchev–Trinajstić information content (AvgIpc) is 3.28. The van der Waals surface area contributed by atoms with Gasteiger partial charge in [-0.1, -0.05) is 6.58 Å². The Morgan fingerprint density at radius 1 is 1.36 bits per heavy atom. The van der Waals surface area contributed by atoms with Crippen LogP contribution in [0, 0.1) is 6.92 Å². The molecule has 6 heteroatoms. The largest absolute Gasteiger partial charge is 0.330 e. The van der Waals surface area contributed by atoms with E-state index in [0.29, 0.717) is 5.56 Å². The third kappa shape index (κ3) is 3.49. The fourth-order valence-electron chi connectivity index (χ4n) is 3.11. The van der Waals surface area contributed by atoms with Crippen LogP contribution in [0.1, 0.15) is 39.9 Å². The van der Waals surface area contributed by atoms with E-state index in [1.807, 2.05) is 17.2 Å². The highest BCUT2D eigenvalue weighted by molar-refractivity contribution is 7.09. The molecule has 1 aromatic heterocycles. The predicted octanol–water partition coefficient (Wildman–Crippen LogP) is 3.58. The van der Waals surface area contributed by atoms with E-state index >= 15 is 0 Å². The zero-order valence-electron chi connectivity index (χ0n) is 14.4. The molecule has 3 rings (SSSR count). The van der Waals surface area contributed by atoms with Crippen LogP contribution in [0.15, 0.2) is 42.3 Å². The fraction of sp³-hybridized carbons (Fsp3) is 0.316. The number of benzene rings is 1. The number of carbonyl (C=O) groups excluding carboxylic acids is 2. The Hall–Kier alpha value is -2.47. The zero-order chi connectivity index (χ0) is 18.0. The summed E-state index contributed by atoms with van der Waals surface area (Å²) < 4.78 is 0. The van der Waals surface area contributed by atoms with Gasteiger partial charge in [0.25, 0.3) is 5.91 Å². The number of aromatic nitrogens is 1. The lowest BCUT2D eigenvalue weighted by Gasteiger charge is -2.24. The summed E-state index contributed by atoms with van der Waals surface area (Å²) in [5, 5.41) is 3.07. The second kappa shape index (κ2) is 7.19. The summed E-state index contributed by atoms with van der Waals surface area (Å²) >= 11 is 1.62. The molecule has 1 atom stereocenters. The molecule has 1 saturated heterocycles. The quantitative estimate of drug-likeness (QED) is 0.788. The van der Waals surface area contributed by atoms with Gasteiger partial charge in [0.2, 0.25) is 5.91 Å². The molecule has 2 aromatic rings. The van der Waals surface area contributed by atoms with Crippen LogP contribution in [-0.2, 0) is 4.79 Å². The Labute approximate surface area is 151 Å². The highest BCUT2D eigenvalue weighted by atomic mass is 32.1. The number of likely N-dealkylation sites (N-methyl/N-ethyl adjacent to an activating group) is 1. The van der Waals surface area contributed by atoms with Gasteiger partial charge < -0.3 is 9.80 Å². The maximum Gasteiger partial charge on any atom is 0.254 e. The van der Waals surface area contributed by atoms with Gasteiger partial charge in [-0.05, 0) is 50.1 Å². The number of nitrogens with zero attached hydrogens (tertiary/aromatic N) is 3.